The summed E-state index contributed by atoms with van der Waals surface area (Å²) in [5.74, 6) is 0.192. The van der Waals surface area contributed by atoms with E-state index in [1.807, 2.05) is 22.9 Å². The molecule has 0 saturated carbocycles. The number of carbonyl (C=O) groups is 1. The fraction of sp³-hybridized carbons (Fsp3) is 0.304. The van der Waals surface area contributed by atoms with Crippen LogP contribution in [-0.2, 0) is 14.9 Å². The van der Waals surface area contributed by atoms with Crippen LogP contribution in [0.2, 0.25) is 0 Å². The molecule has 0 aliphatic heterocycles. The number of amides is 1. The molecule has 34 heavy (non-hydrogen) atoms. The molecule has 1 atom stereocenters. The number of pyridine rings is 1. The number of nitrogens with zero attached hydrogens (tertiary/aromatic N) is 1. The van der Waals surface area contributed by atoms with Gasteiger partial charge in [0.1, 0.15) is 17.2 Å². The number of carbonyl (C=O) groups excluding carboxylic acids is 1. The molecule has 0 saturated heterocycles. The lowest BCUT2D eigenvalue weighted by molar-refractivity contribution is 0.158. The van der Waals surface area contributed by atoms with Crippen LogP contribution in [0.15, 0.2) is 42.6 Å². The van der Waals surface area contributed by atoms with E-state index in [1.54, 1.807) is 19.2 Å². The number of aromatic amines is 1. The summed E-state index contributed by atoms with van der Waals surface area (Å²) in [5, 5.41) is 0.823. The second-order valence-electron chi connectivity index (χ2n) is 7.79. The van der Waals surface area contributed by atoms with Gasteiger partial charge in [-0.15, -0.1) is 0 Å². The van der Waals surface area contributed by atoms with Crippen LogP contribution in [0, 0.1) is 5.82 Å². The molecular formula is C23H25FN4O5S. The van der Waals surface area contributed by atoms with Crippen LogP contribution < -0.4 is 14.2 Å². The first-order chi connectivity index (χ1) is 16.3. The number of halogens is 1. The summed E-state index contributed by atoms with van der Waals surface area (Å²) in [6, 6.07) is 7.79. The SMILES string of the molecule is CCOC(=O)NS(=O)(=O)NC1CC=C(c2cc3c(-c4cc(F)ccc4OC)ccnc3[nH]2)CC1. The Hall–Kier alpha value is -3.44. The predicted octanol–water partition coefficient (Wildman–Crippen LogP) is 3.89. The van der Waals surface area contributed by atoms with E-state index in [9.17, 15) is 17.6 Å². The lowest BCUT2D eigenvalue weighted by Crippen LogP contribution is -2.45. The van der Waals surface area contributed by atoms with Crippen molar-refractivity contribution in [1.29, 1.82) is 0 Å². The van der Waals surface area contributed by atoms with Crippen molar-refractivity contribution in [2.24, 2.45) is 0 Å². The van der Waals surface area contributed by atoms with Crippen LogP contribution in [0.4, 0.5) is 9.18 Å². The molecule has 0 radical (unpaired) electrons. The average Bonchev–Trinajstić information content (AvgIpc) is 3.23. The Bertz CT molecular complexity index is 1350. The summed E-state index contributed by atoms with van der Waals surface area (Å²) < 4.78 is 52.5. The number of fused-ring (bicyclic) bond motifs is 1. The van der Waals surface area contributed by atoms with Gasteiger partial charge in [-0.1, -0.05) is 6.08 Å². The molecular weight excluding hydrogens is 463 g/mol. The Labute approximate surface area is 196 Å². The quantitative estimate of drug-likeness (QED) is 0.464. The molecule has 1 amide bonds. The first-order valence-electron chi connectivity index (χ1n) is 10.8. The number of rotatable bonds is 7. The summed E-state index contributed by atoms with van der Waals surface area (Å²) in [7, 11) is -2.48. The number of hydrogen-bond donors (Lipinski definition) is 3. The highest BCUT2D eigenvalue weighted by Crippen LogP contribution is 2.37. The molecule has 3 aromatic rings. The molecule has 180 valence electrons. The summed E-state index contributed by atoms with van der Waals surface area (Å²) in [4.78, 5) is 19.1. The zero-order valence-corrected chi connectivity index (χ0v) is 19.5. The monoisotopic (exact) mass is 488 g/mol. The van der Waals surface area contributed by atoms with Crippen molar-refractivity contribution in [1.82, 2.24) is 19.4 Å². The molecule has 2 heterocycles. The zero-order valence-electron chi connectivity index (χ0n) is 18.7. The number of hydrogen-bond acceptors (Lipinski definition) is 6. The standard InChI is InChI=1S/C23H25FN4O5S/c1-3-33-23(29)28-34(30,31)27-16-7-4-14(5-8-16)20-13-19-17(10-11-25-22(19)26-20)18-12-15(24)6-9-21(18)32-2/h4,6,9-13,16,27H,3,5,7-8H2,1-2H3,(H,25,26)(H,28,29). The van der Waals surface area contributed by atoms with Crippen LogP contribution in [0.25, 0.3) is 27.7 Å². The van der Waals surface area contributed by atoms with Crippen LogP contribution in [0.5, 0.6) is 5.75 Å². The Morgan fingerprint density at radius 2 is 2.09 bits per heavy atom. The van der Waals surface area contributed by atoms with E-state index < -0.39 is 16.3 Å². The van der Waals surface area contributed by atoms with E-state index in [2.05, 4.69) is 19.4 Å². The molecule has 1 aromatic carbocycles. The molecule has 0 bridgehead atoms. The number of H-pyrrole nitrogens is 1. The van der Waals surface area contributed by atoms with E-state index in [4.69, 9.17) is 4.74 Å². The maximum Gasteiger partial charge on any atom is 0.421 e. The first-order valence-corrected chi connectivity index (χ1v) is 12.3. The van der Waals surface area contributed by atoms with E-state index in [0.717, 1.165) is 22.2 Å². The fourth-order valence-electron chi connectivity index (χ4n) is 4.03. The highest BCUT2D eigenvalue weighted by molar-refractivity contribution is 7.88. The van der Waals surface area contributed by atoms with Crippen LogP contribution in [0.1, 0.15) is 31.9 Å². The van der Waals surface area contributed by atoms with Gasteiger partial charge in [0.2, 0.25) is 0 Å². The number of nitrogens with one attached hydrogen (secondary N) is 3. The van der Waals surface area contributed by atoms with Gasteiger partial charge in [0.05, 0.1) is 13.7 Å². The van der Waals surface area contributed by atoms with Crippen molar-refractivity contribution in [2.75, 3.05) is 13.7 Å². The highest BCUT2D eigenvalue weighted by Gasteiger charge is 2.24. The van der Waals surface area contributed by atoms with Crippen LogP contribution in [0.3, 0.4) is 0 Å². The number of methoxy groups -OCH3 is 1. The summed E-state index contributed by atoms with van der Waals surface area (Å²) in [6.45, 7) is 1.66. The number of aromatic nitrogens is 2. The second kappa shape index (κ2) is 9.82. The minimum Gasteiger partial charge on any atom is -0.496 e. The van der Waals surface area contributed by atoms with Crippen molar-refractivity contribution >= 4 is 32.9 Å². The van der Waals surface area contributed by atoms with Gasteiger partial charge in [0.25, 0.3) is 0 Å². The van der Waals surface area contributed by atoms with E-state index >= 15 is 0 Å². The van der Waals surface area contributed by atoms with Crippen LogP contribution >= 0.6 is 0 Å². The molecule has 0 fully saturated rings. The Morgan fingerprint density at radius 3 is 2.79 bits per heavy atom. The van der Waals surface area contributed by atoms with Gasteiger partial charge in [0, 0.05) is 28.9 Å². The molecule has 11 heteroatoms. The van der Waals surface area contributed by atoms with E-state index in [0.29, 0.717) is 36.2 Å². The van der Waals surface area contributed by atoms with Gasteiger partial charge < -0.3 is 14.5 Å². The third-order valence-electron chi connectivity index (χ3n) is 5.56. The molecule has 1 unspecified atom stereocenters. The maximum atomic E-state index is 14.0. The first kappa shape index (κ1) is 23.7. The highest BCUT2D eigenvalue weighted by atomic mass is 32.2. The third kappa shape index (κ3) is 5.20. The smallest absolute Gasteiger partial charge is 0.421 e. The molecule has 1 aliphatic rings. The van der Waals surface area contributed by atoms with E-state index in [1.165, 1.54) is 19.2 Å². The van der Waals surface area contributed by atoms with Gasteiger partial charge in [-0.2, -0.15) is 13.1 Å². The van der Waals surface area contributed by atoms with Crippen molar-refractivity contribution in [3.8, 4) is 16.9 Å². The van der Waals surface area contributed by atoms with Crippen molar-refractivity contribution in [2.45, 2.75) is 32.2 Å². The third-order valence-corrected chi connectivity index (χ3v) is 6.63. The second-order valence-corrected chi connectivity index (χ2v) is 9.24. The van der Waals surface area contributed by atoms with Crippen molar-refractivity contribution in [3.63, 3.8) is 0 Å². The van der Waals surface area contributed by atoms with Crippen LogP contribution in [-0.4, -0.2) is 44.2 Å². The number of allylic oxidation sites excluding steroid dienone is 1. The fourth-order valence-corrected chi connectivity index (χ4v) is 5.02. The van der Waals surface area contributed by atoms with Gasteiger partial charge in [-0.25, -0.2) is 18.9 Å². The molecule has 1 aliphatic carbocycles. The van der Waals surface area contributed by atoms with E-state index in [-0.39, 0.29) is 18.5 Å². The minimum absolute atomic E-state index is 0.0734. The number of benzene rings is 1. The normalized spacial score (nSPS) is 16.2. The summed E-state index contributed by atoms with van der Waals surface area (Å²) >= 11 is 0. The minimum atomic E-state index is -4.02. The molecule has 2 aromatic heterocycles. The Morgan fingerprint density at radius 1 is 1.26 bits per heavy atom. The average molecular weight is 489 g/mol. The molecule has 3 N–H and O–H groups in total. The number of ether oxygens (including phenoxy) is 2. The predicted molar refractivity (Wildman–Crippen MR) is 126 cm³/mol. The van der Waals surface area contributed by atoms with Crippen molar-refractivity contribution in [3.05, 3.63) is 54.1 Å². The molecule has 4 rings (SSSR count). The lowest BCUT2D eigenvalue weighted by Gasteiger charge is -2.22. The summed E-state index contributed by atoms with van der Waals surface area (Å²) in [5.41, 5.74) is 3.94. The van der Waals surface area contributed by atoms with Gasteiger partial charge in [-0.05, 0) is 67.7 Å². The Balaban J connectivity index is 1.55. The molecule has 0 spiro atoms. The Kier molecular flexibility index (Phi) is 6.85. The van der Waals surface area contributed by atoms with Gasteiger partial charge in [0.15, 0.2) is 0 Å². The van der Waals surface area contributed by atoms with Gasteiger partial charge >= 0.3 is 16.3 Å². The van der Waals surface area contributed by atoms with Crippen molar-refractivity contribution < 1.29 is 27.1 Å². The maximum absolute atomic E-state index is 14.0. The topological polar surface area (TPSA) is 122 Å². The summed E-state index contributed by atoms with van der Waals surface area (Å²) in [6.07, 6.45) is 4.19. The lowest BCUT2D eigenvalue weighted by atomic mass is 9.93. The van der Waals surface area contributed by atoms with Gasteiger partial charge in [-0.3, -0.25) is 0 Å². The largest absolute Gasteiger partial charge is 0.496 e. The molecule has 9 nitrogen and oxygen atoms in total. The zero-order chi connectivity index (χ0) is 24.3.